The van der Waals surface area contributed by atoms with Gasteiger partial charge in [-0.3, -0.25) is 4.79 Å². The van der Waals surface area contributed by atoms with Crippen molar-refractivity contribution in [3.63, 3.8) is 0 Å². The summed E-state index contributed by atoms with van der Waals surface area (Å²) in [6, 6.07) is 23.1. The van der Waals surface area contributed by atoms with Crippen LogP contribution in [0.4, 0.5) is 11.4 Å². The van der Waals surface area contributed by atoms with Gasteiger partial charge < -0.3 is 11.1 Å². The first-order valence-corrected chi connectivity index (χ1v) is 12.5. The van der Waals surface area contributed by atoms with Crippen molar-refractivity contribution in [3.05, 3.63) is 98.8 Å². The molecular weight excluding hydrogens is 497 g/mol. The van der Waals surface area contributed by atoms with Crippen LogP contribution in [0, 0.1) is 13.8 Å². The number of halogens is 2. The molecule has 5 rings (SSSR count). The highest BCUT2D eigenvalue weighted by Crippen LogP contribution is 2.43. The Kier molecular flexibility index (Phi) is 6.24. The Hall–Kier alpha value is -3.38. The SMILES string of the molecule is Cc1ccc(-c2cc(-c3ccccc3Cl)c3c(N)c(C(=O)Nc4cccc(Cl)c4C)sc3n2)cc1. The molecular formula is C28H21Cl2N3OS. The summed E-state index contributed by atoms with van der Waals surface area (Å²) in [6.07, 6.45) is 0. The average Bonchev–Trinajstić information content (AvgIpc) is 3.19. The molecule has 2 heterocycles. The van der Waals surface area contributed by atoms with Gasteiger partial charge in [0.05, 0.1) is 11.4 Å². The van der Waals surface area contributed by atoms with E-state index in [0.29, 0.717) is 36.5 Å². The molecule has 0 aliphatic heterocycles. The van der Waals surface area contributed by atoms with Crippen LogP contribution in [0.3, 0.4) is 0 Å². The second kappa shape index (κ2) is 9.34. The summed E-state index contributed by atoms with van der Waals surface area (Å²) in [5, 5.41) is 4.84. The van der Waals surface area contributed by atoms with Crippen LogP contribution in [-0.2, 0) is 0 Å². The highest BCUT2D eigenvalue weighted by atomic mass is 35.5. The number of aromatic nitrogens is 1. The first-order valence-electron chi connectivity index (χ1n) is 10.9. The molecule has 0 aliphatic carbocycles. The van der Waals surface area contributed by atoms with Gasteiger partial charge in [0.1, 0.15) is 9.71 Å². The minimum absolute atomic E-state index is 0.308. The second-order valence-corrected chi connectivity index (χ2v) is 10.1. The molecule has 0 bridgehead atoms. The lowest BCUT2D eigenvalue weighted by molar-refractivity contribution is 0.103. The molecule has 0 fully saturated rings. The first kappa shape index (κ1) is 23.4. The van der Waals surface area contributed by atoms with Crippen LogP contribution >= 0.6 is 34.5 Å². The second-order valence-electron chi connectivity index (χ2n) is 8.29. The van der Waals surface area contributed by atoms with Crippen molar-refractivity contribution in [1.29, 1.82) is 0 Å². The number of anilines is 2. The predicted octanol–water partition coefficient (Wildman–Crippen LogP) is 8.39. The number of amides is 1. The van der Waals surface area contributed by atoms with Crippen LogP contribution in [0.15, 0.2) is 72.8 Å². The molecule has 0 spiro atoms. The molecule has 3 aromatic carbocycles. The molecule has 0 unspecified atom stereocenters. The van der Waals surface area contributed by atoms with E-state index in [2.05, 4.69) is 5.32 Å². The smallest absolute Gasteiger partial charge is 0.267 e. The number of nitrogen functional groups attached to an aromatic ring is 1. The maximum Gasteiger partial charge on any atom is 0.267 e. The Morgan fingerprint density at radius 3 is 2.37 bits per heavy atom. The van der Waals surface area contributed by atoms with Crippen molar-refractivity contribution < 1.29 is 4.79 Å². The molecule has 1 amide bonds. The number of hydrogen-bond donors (Lipinski definition) is 2. The lowest BCUT2D eigenvalue weighted by Crippen LogP contribution is -2.13. The summed E-state index contributed by atoms with van der Waals surface area (Å²) in [5.41, 5.74) is 13.0. The third kappa shape index (κ3) is 4.39. The number of thiophene rings is 1. The van der Waals surface area contributed by atoms with Crippen molar-refractivity contribution in [3.8, 4) is 22.4 Å². The van der Waals surface area contributed by atoms with Crippen LogP contribution < -0.4 is 11.1 Å². The van der Waals surface area contributed by atoms with Crippen molar-refractivity contribution in [2.75, 3.05) is 11.1 Å². The highest BCUT2D eigenvalue weighted by Gasteiger charge is 2.23. The molecule has 0 radical (unpaired) electrons. The fraction of sp³-hybridized carbons (Fsp3) is 0.0714. The van der Waals surface area contributed by atoms with Crippen molar-refractivity contribution in [2.45, 2.75) is 13.8 Å². The Morgan fingerprint density at radius 1 is 0.914 bits per heavy atom. The number of pyridine rings is 1. The number of nitrogens with one attached hydrogen (secondary N) is 1. The number of carbonyl (C=O) groups excluding carboxylic acids is 1. The highest BCUT2D eigenvalue weighted by molar-refractivity contribution is 7.21. The third-order valence-electron chi connectivity index (χ3n) is 5.93. The molecule has 5 aromatic rings. The van der Waals surface area contributed by atoms with Crippen molar-refractivity contribution >= 4 is 62.0 Å². The zero-order valence-corrected chi connectivity index (χ0v) is 21.4. The van der Waals surface area contributed by atoms with E-state index < -0.39 is 0 Å². The minimum Gasteiger partial charge on any atom is -0.397 e. The van der Waals surface area contributed by atoms with Crippen LogP contribution in [0.5, 0.6) is 0 Å². The van der Waals surface area contributed by atoms with Crippen LogP contribution in [0.25, 0.3) is 32.6 Å². The summed E-state index contributed by atoms with van der Waals surface area (Å²) >= 11 is 14.1. The largest absolute Gasteiger partial charge is 0.397 e. The van der Waals surface area contributed by atoms with Gasteiger partial charge in [0, 0.05) is 32.2 Å². The number of fused-ring (bicyclic) bond motifs is 1. The fourth-order valence-electron chi connectivity index (χ4n) is 3.98. The molecule has 35 heavy (non-hydrogen) atoms. The Labute approximate surface area is 217 Å². The summed E-state index contributed by atoms with van der Waals surface area (Å²) in [5.74, 6) is -0.308. The van der Waals surface area contributed by atoms with E-state index in [1.807, 2.05) is 74.5 Å². The minimum atomic E-state index is -0.308. The van der Waals surface area contributed by atoms with E-state index >= 15 is 0 Å². The normalized spacial score (nSPS) is 11.1. The molecule has 7 heteroatoms. The number of nitrogens with two attached hydrogens (primary N) is 1. The van der Waals surface area contributed by atoms with E-state index in [1.54, 1.807) is 12.1 Å². The molecule has 0 atom stereocenters. The van der Waals surface area contributed by atoms with Gasteiger partial charge >= 0.3 is 0 Å². The Bertz CT molecular complexity index is 1590. The molecule has 4 nitrogen and oxygen atoms in total. The lowest BCUT2D eigenvalue weighted by atomic mass is 9.99. The maximum absolute atomic E-state index is 13.3. The van der Waals surface area contributed by atoms with Gasteiger partial charge in [-0.05, 0) is 49.2 Å². The number of nitrogens with zero attached hydrogens (tertiary/aromatic N) is 1. The fourth-order valence-corrected chi connectivity index (χ4v) is 5.40. The van der Waals surface area contributed by atoms with Gasteiger partial charge in [0.15, 0.2) is 0 Å². The lowest BCUT2D eigenvalue weighted by Gasteiger charge is -2.11. The average molecular weight is 518 g/mol. The summed E-state index contributed by atoms with van der Waals surface area (Å²) in [4.78, 5) is 19.2. The van der Waals surface area contributed by atoms with Gasteiger partial charge in [-0.2, -0.15) is 0 Å². The number of benzene rings is 3. The van der Waals surface area contributed by atoms with Crippen LogP contribution in [0.1, 0.15) is 20.8 Å². The summed E-state index contributed by atoms with van der Waals surface area (Å²) < 4.78 is 0. The quantitative estimate of drug-likeness (QED) is 0.251. The zero-order chi connectivity index (χ0) is 24.7. The Morgan fingerprint density at radius 2 is 1.63 bits per heavy atom. The molecule has 0 aliphatic rings. The molecule has 0 saturated heterocycles. The zero-order valence-electron chi connectivity index (χ0n) is 19.0. The molecule has 174 valence electrons. The van der Waals surface area contributed by atoms with Crippen molar-refractivity contribution in [1.82, 2.24) is 4.98 Å². The predicted molar refractivity (Wildman–Crippen MR) is 149 cm³/mol. The van der Waals surface area contributed by atoms with E-state index in [1.165, 1.54) is 11.3 Å². The van der Waals surface area contributed by atoms with Gasteiger partial charge in [-0.1, -0.05) is 77.3 Å². The van der Waals surface area contributed by atoms with Crippen LogP contribution in [-0.4, -0.2) is 10.9 Å². The van der Waals surface area contributed by atoms with Crippen LogP contribution in [0.2, 0.25) is 10.0 Å². The van der Waals surface area contributed by atoms with Gasteiger partial charge in [-0.15, -0.1) is 11.3 Å². The number of rotatable bonds is 4. The van der Waals surface area contributed by atoms with E-state index in [4.69, 9.17) is 33.9 Å². The molecule has 3 N–H and O–H groups in total. The summed E-state index contributed by atoms with van der Waals surface area (Å²) in [6.45, 7) is 3.90. The number of hydrogen-bond acceptors (Lipinski definition) is 4. The number of carbonyl (C=O) groups is 1. The van der Waals surface area contributed by atoms with E-state index in [9.17, 15) is 4.79 Å². The third-order valence-corrected chi connectivity index (χ3v) is 7.77. The standard InChI is InChI=1S/C28H21Cl2N3OS/c1-15-10-12-17(13-11-15)23-14-19(18-6-3-4-7-21(18)30)24-25(31)26(35-28(24)33-23)27(34)32-22-9-5-8-20(29)16(22)2/h3-14H,31H2,1-2H3,(H,32,34). The maximum atomic E-state index is 13.3. The van der Waals surface area contributed by atoms with E-state index in [0.717, 1.165) is 33.5 Å². The van der Waals surface area contributed by atoms with Gasteiger partial charge in [0.25, 0.3) is 5.91 Å². The van der Waals surface area contributed by atoms with E-state index in [-0.39, 0.29) is 5.91 Å². The van der Waals surface area contributed by atoms with Crippen molar-refractivity contribution in [2.24, 2.45) is 0 Å². The monoisotopic (exact) mass is 517 g/mol. The molecule has 2 aromatic heterocycles. The van der Waals surface area contributed by atoms with Gasteiger partial charge in [0.2, 0.25) is 0 Å². The Balaban J connectivity index is 1.69. The summed E-state index contributed by atoms with van der Waals surface area (Å²) in [7, 11) is 0. The topological polar surface area (TPSA) is 68.0 Å². The van der Waals surface area contributed by atoms with Gasteiger partial charge in [-0.25, -0.2) is 4.98 Å². The number of aryl methyl sites for hydroxylation is 1. The molecule has 0 saturated carbocycles. The first-order chi connectivity index (χ1) is 16.8.